The average Bonchev–Trinajstić information content (AvgIpc) is 2.88. The number of aromatic nitrogens is 4. The summed E-state index contributed by atoms with van der Waals surface area (Å²) in [5.74, 6) is 0.134. The molecule has 102 valence electrons. The summed E-state index contributed by atoms with van der Waals surface area (Å²) in [7, 11) is 0. The van der Waals surface area contributed by atoms with E-state index >= 15 is 0 Å². The maximum Gasteiger partial charge on any atom is 0.182 e. The highest BCUT2D eigenvalue weighted by Gasteiger charge is 2.17. The van der Waals surface area contributed by atoms with Crippen LogP contribution in [0.15, 0.2) is 18.2 Å². The van der Waals surface area contributed by atoms with E-state index < -0.39 is 5.82 Å². The Hall–Kier alpha value is -1.98. The normalized spacial score (nSPS) is 12.6. The van der Waals surface area contributed by atoms with Crippen LogP contribution < -0.4 is 5.73 Å². The average molecular weight is 263 g/mol. The van der Waals surface area contributed by atoms with Crippen LogP contribution in [0.5, 0.6) is 0 Å². The molecule has 2 rings (SSSR count). The maximum absolute atomic E-state index is 13.5. The molecule has 0 spiro atoms. The van der Waals surface area contributed by atoms with Crippen molar-refractivity contribution >= 4 is 5.69 Å². The van der Waals surface area contributed by atoms with Gasteiger partial charge < -0.3 is 5.73 Å². The molecule has 2 aromatic rings. The Labute approximate surface area is 111 Å². The Balaban J connectivity index is 2.40. The second-order valence-corrected chi connectivity index (χ2v) is 4.53. The van der Waals surface area contributed by atoms with E-state index in [9.17, 15) is 4.39 Å². The van der Waals surface area contributed by atoms with Crippen LogP contribution in [-0.4, -0.2) is 20.2 Å². The van der Waals surface area contributed by atoms with Crippen molar-refractivity contribution in [1.29, 1.82) is 0 Å². The Bertz CT molecular complexity index is 552. The topological polar surface area (TPSA) is 69.6 Å². The molecule has 6 heteroatoms. The monoisotopic (exact) mass is 263 g/mol. The molecule has 1 aromatic carbocycles. The zero-order valence-corrected chi connectivity index (χ0v) is 11.2. The van der Waals surface area contributed by atoms with Gasteiger partial charge in [-0.05, 0) is 41.5 Å². The van der Waals surface area contributed by atoms with Crippen molar-refractivity contribution in [3.05, 3.63) is 24.0 Å². The highest BCUT2D eigenvalue weighted by molar-refractivity contribution is 5.59. The van der Waals surface area contributed by atoms with Crippen LogP contribution in [0, 0.1) is 5.82 Å². The van der Waals surface area contributed by atoms with Gasteiger partial charge in [0.05, 0.1) is 11.7 Å². The fraction of sp³-hybridized carbons (Fsp3) is 0.462. The molecule has 1 atom stereocenters. The summed E-state index contributed by atoms with van der Waals surface area (Å²) in [6.07, 6.45) is 2.98. The molecule has 0 bridgehead atoms. The van der Waals surface area contributed by atoms with E-state index in [2.05, 4.69) is 29.4 Å². The van der Waals surface area contributed by atoms with Gasteiger partial charge in [-0.1, -0.05) is 20.3 Å². The van der Waals surface area contributed by atoms with Gasteiger partial charge in [0, 0.05) is 5.56 Å². The molecule has 0 saturated heterocycles. The molecule has 1 heterocycles. The number of rotatable bonds is 5. The molecule has 0 aliphatic carbocycles. The minimum atomic E-state index is -0.449. The molecule has 0 saturated carbocycles. The highest BCUT2D eigenvalue weighted by atomic mass is 19.1. The minimum Gasteiger partial charge on any atom is -0.396 e. The van der Waals surface area contributed by atoms with Crippen LogP contribution in [0.3, 0.4) is 0 Å². The number of anilines is 1. The summed E-state index contributed by atoms with van der Waals surface area (Å²) < 4.78 is 15.3. The van der Waals surface area contributed by atoms with Crippen LogP contribution in [0.1, 0.15) is 39.2 Å². The molecule has 2 N–H and O–H groups in total. The van der Waals surface area contributed by atoms with Crippen molar-refractivity contribution < 1.29 is 4.39 Å². The van der Waals surface area contributed by atoms with Crippen LogP contribution in [-0.2, 0) is 0 Å². The largest absolute Gasteiger partial charge is 0.396 e. The number of nitrogens with two attached hydrogens (primary N) is 1. The number of halogens is 1. The molecular weight excluding hydrogens is 245 g/mol. The van der Waals surface area contributed by atoms with Gasteiger partial charge in [-0.3, -0.25) is 0 Å². The zero-order valence-electron chi connectivity index (χ0n) is 11.2. The summed E-state index contributed by atoms with van der Waals surface area (Å²) in [4.78, 5) is 0. The predicted molar refractivity (Wildman–Crippen MR) is 71.9 cm³/mol. The third-order valence-corrected chi connectivity index (χ3v) is 3.19. The molecule has 0 radical (unpaired) electrons. The van der Waals surface area contributed by atoms with Gasteiger partial charge >= 0.3 is 0 Å². The first-order valence-corrected chi connectivity index (χ1v) is 6.50. The lowest BCUT2D eigenvalue weighted by Crippen LogP contribution is -2.11. The van der Waals surface area contributed by atoms with Gasteiger partial charge in [0.2, 0.25) is 0 Å². The van der Waals surface area contributed by atoms with Crippen LogP contribution in [0.25, 0.3) is 11.4 Å². The standard InChI is InChI=1S/C13H18FN5/c1-3-5-10(4-2)19-13(16-17-18-19)9-6-7-12(15)11(14)8-9/h6-8,10H,3-5,15H2,1-2H3. The van der Waals surface area contributed by atoms with Crippen LogP contribution in [0.2, 0.25) is 0 Å². The van der Waals surface area contributed by atoms with E-state index in [1.165, 1.54) is 12.1 Å². The molecule has 0 aliphatic rings. The molecule has 1 unspecified atom stereocenters. The second-order valence-electron chi connectivity index (χ2n) is 4.53. The van der Waals surface area contributed by atoms with Gasteiger partial charge in [0.15, 0.2) is 5.82 Å². The summed E-state index contributed by atoms with van der Waals surface area (Å²) >= 11 is 0. The van der Waals surface area contributed by atoms with E-state index in [0.29, 0.717) is 11.4 Å². The number of benzene rings is 1. The van der Waals surface area contributed by atoms with E-state index in [0.717, 1.165) is 19.3 Å². The summed E-state index contributed by atoms with van der Waals surface area (Å²) in [5.41, 5.74) is 6.25. The summed E-state index contributed by atoms with van der Waals surface area (Å²) in [5, 5.41) is 11.7. The molecular formula is C13H18FN5. The lowest BCUT2D eigenvalue weighted by Gasteiger charge is -2.15. The third kappa shape index (κ3) is 2.72. The number of nitrogen functional groups attached to an aromatic ring is 1. The first-order chi connectivity index (χ1) is 9.17. The van der Waals surface area contributed by atoms with Gasteiger partial charge in [0.25, 0.3) is 0 Å². The predicted octanol–water partition coefficient (Wildman–Crippen LogP) is 2.81. The van der Waals surface area contributed by atoms with Gasteiger partial charge in [-0.2, -0.15) is 0 Å². The highest BCUT2D eigenvalue weighted by Crippen LogP contribution is 2.25. The molecule has 0 fully saturated rings. The number of hydrogen-bond donors (Lipinski definition) is 1. The van der Waals surface area contributed by atoms with Gasteiger partial charge in [0.1, 0.15) is 5.82 Å². The van der Waals surface area contributed by atoms with E-state index in [1.54, 1.807) is 10.7 Å². The van der Waals surface area contributed by atoms with E-state index in [4.69, 9.17) is 5.73 Å². The first-order valence-electron chi connectivity index (χ1n) is 6.50. The fourth-order valence-electron chi connectivity index (χ4n) is 2.13. The quantitative estimate of drug-likeness (QED) is 0.842. The molecule has 5 nitrogen and oxygen atoms in total. The van der Waals surface area contributed by atoms with Crippen molar-refractivity contribution in [2.24, 2.45) is 0 Å². The summed E-state index contributed by atoms with van der Waals surface area (Å²) in [6.45, 7) is 4.21. The smallest absolute Gasteiger partial charge is 0.182 e. The summed E-state index contributed by atoms with van der Waals surface area (Å²) in [6, 6.07) is 4.87. The second kappa shape index (κ2) is 5.77. The van der Waals surface area contributed by atoms with Crippen molar-refractivity contribution in [2.75, 3.05) is 5.73 Å². The Kier molecular flexibility index (Phi) is 4.09. The molecule has 0 aliphatic heterocycles. The SMILES string of the molecule is CCCC(CC)n1nnnc1-c1ccc(N)c(F)c1. The molecule has 19 heavy (non-hydrogen) atoms. The fourth-order valence-corrected chi connectivity index (χ4v) is 2.13. The minimum absolute atomic E-state index is 0.128. The van der Waals surface area contributed by atoms with Crippen LogP contribution >= 0.6 is 0 Å². The third-order valence-electron chi connectivity index (χ3n) is 3.19. The van der Waals surface area contributed by atoms with Gasteiger partial charge in [-0.15, -0.1) is 5.10 Å². The zero-order chi connectivity index (χ0) is 13.8. The number of tetrazole rings is 1. The Morgan fingerprint density at radius 2 is 2.16 bits per heavy atom. The Morgan fingerprint density at radius 3 is 2.79 bits per heavy atom. The van der Waals surface area contributed by atoms with Crippen molar-refractivity contribution in [2.45, 2.75) is 39.2 Å². The van der Waals surface area contributed by atoms with Crippen molar-refractivity contribution in [3.63, 3.8) is 0 Å². The number of nitrogens with zero attached hydrogens (tertiary/aromatic N) is 4. The van der Waals surface area contributed by atoms with E-state index in [-0.39, 0.29) is 11.7 Å². The molecule has 0 amide bonds. The van der Waals surface area contributed by atoms with Gasteiger partial charge in [-0.25, -0.2) is 9.07 Å². The first kappa shape index (κ1) is 13.5. The number of hydrogen-bond acceptors (Lipinski definition) is 4. The van der Waals surface area contributed by atoms with Crippen LogP contribution in [0.4, 0.5) is 10.1 Å². The lowest BCUT2D eigenvalue weighted by molar-refractivity contribution is 0.403. The van der Waals surface area contributed by atoms with Crippen molar-refractivity contribution in [1.82, 2.24) is 20.2 Å². The Morgan fingerprint density at radius 1 is 1.37 bits per heavy atom. The van der Waals surface area contributed by atoms with Crippen molar-refractivity contribution in [3.8, 4) is 11.4 Å². The van der Waals surface area contributed by atoms with E-state index in [1.807, 2.05) is 0 Å². The lowest BCUT2D eigenvalue weighted by atomic mass is 10.1. The molecule has 1 aromatic heterocycles. The maximum atomic E-state index is 13.5.